The first-order valence-corrected chi connectivity index (χ1v) is 14.1. The number of rotatable bonds is 0. The molecule has 7 aromatic heterocycles. The zero-order valence-corrected chi connectivity index (χ0v) is 19.5. The summed E-state index contributed by atoms with van der Waals surface area (Å²) in [5, 5.41) is 12.8. The molecule has 0 aliphatic carbocycles. The third-order valence-electron chi connectivity index (χ3n) is 3.79. The smallest absolute Gasteiger partial charge is 0.0629 e. The van der Waals surface area contributed by atoms with Crippen molar-refractivity contribution in [2.45, 2.75) is 0 Å². The summed E-state index contributed by atoms with van der Waals surface area (Å²) in [5.74, 6) is 0. The Morgan fingerprint density at radius 1 is 0.407 bits per heavy atom. The molecule has 0 bridgehead atoms. The van der Waals surface area contributed by atoms with Gasteiger partial charge in [0.1, 0.15) is 0 Å². The molecule has 27 heavy (non-hydrogen) atoms. The summed E-state index contributed by atoms with van der Waals surface area (Å²) >= 11 is 12.9. The Labute approximate surface area is 184 Å². The van der Waals surface area contributed by atoms with E-state index in [9.17, 15) is 0 Å². The molecule has 0 unspecified atom stereocenters. The van der Waals surface area contributed by atoms with Gasteiger partial charge in [-0.05, 0) is 56.5 Å². The Morgan fingerprint density at radius 3 is 1.00 bits per heavy atom. The Kier molecular flexibility index (Phi) is 5.42. The van der Waals surface area contributed by atoms with Crippen molar-refractivity contribution in [3.8, 4) is 0 Å². The topological polar surface area (TPSA) is 0 Å². The van der Waals surface area contributed by atoms with Gasteiger partial charge in [0.2, 0.25) is 0 Å². The van der Waals surface area contributed by atoms with Gasteiger partial charge in [0.25, 0.3) is 0 Å². The maximum absolute atomic E-state index is 2.21. The highest BCUT2D eigenvalue weighted by Gasteiger charge is 2.06. The van der Waals surface area contributed by atoms with E-state index in [1.807, 2.05) is 90.9 Å². The van der Waals surface area contributed by atoms with Crippen molar-refractivity contribution in [2.24, 2.45) is 0 Å². The number of thiophene rings is 7. The second kappa shape index (κ2) is 8.13. The van der Waals surface area contributed by atoms with Crippen molar-refractivity contribution in [1.29, 1.82) is 0 Å². The standard InChI is InChI=1S/2C8H4S3.C4H4S/c2*1-3-9-7-5(1)11-6-2-4-10-8(6)7;1-2-4-5-3-1/h2*1-4H;1-4H. The lowest BCUT2D eigenvalue weighted by atomic mass is 10.5. The quantitative estimate of drug-likeness (QED) is 0.204. The average Bonchev–Trinajstić information content (AvgIpc) is 3.46. The molecule has 0 amide bonds. The summed E-state index contributed by atoms with van der Waals surface area (Å²) < 4.78 is 11.7. The minimum absolute atomic E-state index is 1.44. The van der Waals surface area contributed by atoms with Gasteiger partial charge in [0.15, 0.2) is 0 Å². The van der Waals surface area contributed by atoms with Crippen LogP contribution in [0.4, 0.5) is 0 Å². The van der Waals surface area contributed by atoms with E-state index < -0.39 is 0 Å². The van der Waals surface area contributed by atoms with Gasteiger partial charge < -0.3 is 0 Å². The first-order chi connectivity index (χ1) is 13.4. The summed E-state index contributed by atoms with van der Waals surface area (Å²) in [5.41, 5.74) is 0. The lowest BCUT2D eigenvalue weighted by Gasteiger charge is -1.71. The first-order valence-electron chi connectivity index (χ1n) is 8.04. The molecular weight excluding hydrogens is 465 g/mol. The van der Waals surface area contributed by atoms with Crippen LogP contribution < -0.4 is 0 Å². The van der Waals surface area contributed by atoms with Gasteiger partial charge in [-0.3, -0.25) is 0 Å². The normalized spacial score (nSPS) is 11.0. The molecule has 7 heteroatoms. The average molecular weight is 477 g/mol. The second-order valence-electron chi connectivity index (χ2n) is 5.45. The van der Waals surface area contributed by atoms with Crippen LogP contribution in [0.3, 0.4) is 0 Å². The largest absolute Gasteiger partial charge is 0.152 e. The summed E-state index contributed by atoms with van der Waals surface area (Å²) in [7, 11) is 0. The monoisotopic (exact) mass is 476 g/mol. The predicted octanol–water partition coefficient (Wildman–Crippen LogP) is 10.1. The summed E-state index contributed by atoms with van der Waals surface area (Å²) in [6.07, 6.45) is 0. The van der Waals surface area contributed by atoms with Crippen LogP contribution in [0.15, 0.2) is 68.7 Å². The Morgan fingerprint density at radius 2 is 0.741 bits per heavy atom. The van der Waals surface area contributed by atoms with Crippen molar-refractivity contribution >= 4 is 117 Å². The van der Waals surface area contributed by atoms with E-state index in [0.717, 1.165) is 0 Å². The molecule has 0 N–H and O–H groups in total. The molecule has 0 spiro atoms. The fourth-order valence-corrected chi connectivity index (χ4v) is 10.1. The van der Waals surface area contributed by atoms with E-state index in [-0.39, 0.29) is 0 Å². The lowest BCUT2D eigenvalue weighted by Crippen LogP contribution is -1.39. The molecule has 0 radical (unpaired) electrons. The Bertz CT molecular complexity index is 1180. The minimum atomic E-state index is 1.44. The zero-order chi connectivity index (χ0) is 18.1. The fraction of sp³-hybridized carbons (Fsp3) is 0. The Balaban J connectivity index is 0.0000000957. The molecule has 0 saturated heterocycles. The first kappa shape index (κ1) is 18.0. The van der Waals surface area contributed by atoms with Gasteiger partial charge in [0, 0.05) is 18.8 Å². The van der Waals surface area contributed by atoms with Crippen LogP contribution in [0.1, 0.15) is 0 Å². The maximum atomic E-state index is 2.21. The number of hydrogen-bond donors (Lipinski definition) is 0. The van der Waals surface area contributed by atoms with Crippen molar-refractivity contribution in [2.75, 3.05) is 0 Å². The summed E-state index contributed by atoms with van der Waals surface area (Å²) in [6.45, 7) is 0. The van der Waals surface area contributed by atoms with Crippen molar-refractivity contribution in [3.63, 3.8) is 0 Å². The van der Waals surface area contributed by atoms with E-state index in [0.29, 0.717) is 0 Å². The van der Waals surface area contributed by atoms with E-state index in [1.54, 1.807) is 11.3 Å². The molecule has 134 valence electrons. The van der Waals surface area contributed by atoms with Gasteiger partial charge >= 0.3 is 0 Å². The third-order valence-corrected chi connectivity index (χ3v) is 11.2. The minimum Gasteiger partial charge on any atom is -0.152 e. The van der Waals surface area contributed by atoms with Gasteiger partial charge in [-0.1, -0.05) is 12.1 Å². The van der Waals surface area contributed by atoms with Crippen LogP contribution in [0.25, 0.3) is 37.6 Å². The molecule has 7 aromatic rings. The second-order valence-corrected chi connectivity index (χ2v) is 12.1. The van der Waals surface area contributed by atoms with Crippen LogP contribution in [0.2, 0.25) is 0 Å². The van der Waals surface area contributed by atoms with Gasteiger partial charge in [-0.25, -0.2) is 0 Å². The SMILES string of the molecule is c1cc2sc3ccsc3c2s1.c1cc2sc3ccsc3c2s1.c1ccsc1. The van der Waals surface area contributed by atoms with Crippen molar-refractivity contribution in [1.82, 2.24) is 0 Å². The fourth-order valence-electron chi connectivity index (χ4n) is 2.64. The number of hydrogen-bond acceptors (Lipinski definition) is 7. The van der Waals surface area contributed by atoms with Gasteiger partial charge in [-0.15, -0.1) is 68.0 Å². The van der Waals surface area contributed by atoms with Crippen LogP contribution >= 0.6 is 79.4 Å². The molecule has 0 aromatic carbocycles. The van der Waals surface area contributed by atoms with E-state index in [4.69, 9.17) is 0 Å². The molecule has 0 atom stereocenters. The molecule has 0 aliphatic rings. The molecule has 0 saturated carbocycles. The highest BCUT2D eigenvalue weighted by molar-refractivity contribution is 7.38. The predicted molar refractivity (Wildman–Crippen MR) is 134 cm³/mol. The van der Waals surface area contributed by atoms with Crippen molar-refractivity contribution in [3.05, 3.63) is 68.7 Å². The third kappa shape index (κ3) is 3.65. The molecular formula is C20H12S7. The maximum Gasteiger partial charge on any atom is 0.0629 e. The molecule has 7 heterocycles. The molecule has 0 fully saturated rings. The molecule has 0 nitrogen and oxygen atoms in total. The summed E-state index contributed by atoms with van der Waals surface area (Å²) in [6, 6.07) is 12.9. The van der Waals surface area contributed by atoms with Gasteiger partial charge in [-0.2, -0.15) is 11.3 Å². The van der Waals surface area contributed by atoms with Crippen LogP contribution in [-0.4, -0.2) is 0 Å². The van der Waals surface area contributed by atoms with Crippen molar-refractivity contribution < 1.29 is 0 Å². The highest BCUT2D eigenvalue weighted by Crippen LogP contribution is 2.40. The molecule has 7 rings (SSSR count). The Hall–Kier alpha value is -1.06. The van der Waals surface area contributed by atoms with E-state index in [1.165, 1.54) is 37.6 Å². The molecule has 0 aliphatic heterocycles. The van der Waals surface area contributed by atoms with Crippen LogP contribution in [0, 0.1) is 0 Å². The highest BCUT2D eigenvalue weighted by atomic mass is 32.1. The van der Waals surface area contributed by atoms with Crippen LogP contribution in [-0.2, 0) is 0 Å². The van der Waals surface area contributed by atoms with E-state index >= 15 is 0 Å². The van der Waals surface area contributed by atoms with Crippen LogP contribution in [0.5, 0.6) is 0 Å². The van der Waals surface area contributed by atoms with E-state index in [2.05, 4.69) is 45.8 Å². The number of fused-ring (bicyclic) bond motifs is 6. The summed E-state index contributed by atoms with van der Waals surface area (Å²) in [4.78, 5) is 0. The zero-order valence-electron chi connectivity index (χ0n) is 13.8. The lowest BCUT2D eigenvalue weighted by molar-refractivity contribution is 2.03. The van der Waals surface area contributed by atoms with Gasteiger partial charge in [0.05, 0.1) is 18.8 Å².